The number of amides is 4. The van der Waals surface area contributed by atoms with Crippen LogP contribution in [0.1, 0.15) is 12.0 Å². The predicted molar refractivity (Wildman–Crippen MR) is 89.7 cm³/mol. The zero-order valence-electron chi connectivity index (χ0n) is 13.8. The summed E-state index contributed by atoms with van der Waals surface area (Å²) in [7, 11) is 0. The van der Waals surface area contributed by atoms with Gasteiger partial charge < -0.3 is 20.0 Å². The van der Waals surface area contributed by atoms with Crippen molar-refractivity contribution < 1.29 is 14.4 Å². The van der Waals surface area contributed by atoms with E-state index < -0.39 is 0 Å². The van der Waals surface area contributed by atoms with Gasteiger partial charge in [-0.05, 0) is 19.1 Å². The molecular weight excluding hydrogens is 308 g/mol. The molecule has 2 aliphatic heterocycles. The molecule has 128 valence electrons. The lowest BCUT2D eigenvalue weighted by Gasteiger charge is -2.33. The number of hydrogen-bond donors (Lipinski definition) is 1. The monoisotopic (exact) mass is 330 g/mol. The van der Waals surface area contributed by atoms with E-state index in [4.69, 9.17) is 0 Å². The van der Waals surface area contributed by atoms with Crippen molar-refractivity contribution >= 4 is 24.0 Å². The molecular formula is C17H22N4O3. The smallest absolute Gasteiger partial charge is 0.317 e. The number of rotatable bonds is 3. The summed E-state index contributed by atoms with van der Waals surface area (Å²) in [5, 5.41) is 2.94. The van der Waals surface area contributed by atoms with Crippen LogP contribution in [0.2, 0.25) is 0 Å². The fourth-order valence-electron chi connectivity index (χ4n) is 3.07. The quantitative estimate of drug-likeness (QED) is 0.824. The van der Waals surface area contributed by atoms with E-state index in [9.17, 15) is 14.4 Å². The highest BCUT2D eigenvalue weighted by molar-refractivity contribution is 5.96. The van der Waals surface area contributed by atoms with Crippen LogP contribution in [0.4, 0.5) is 10.5 Å². The third-order valence-electron chi connectivity index (χ3n) is 4.55. The van der Waals surface area contributed by atoms with Gasteiger partial charge in [0, 0.05) is 44.8 Å². The highest BCUT2D eigenvalue weighted by Crippen LogP contribution is 2.22. The van der Waals surface area contributed by atoms with Crippen LogP contribution >= 0.6 is 0 Å². The molecule has 0 aromatic heterocycles. The van der Waals surface area contributed by atoms with Crippen molar-refractivity contribution in [2.45, 2.75) is 19.4 Å². The molecule has 1 aromatic carbocycles. The first-order chi connectivity index (χ1) is 11.6. The Kier molecular flexibility index (Phi) is 4.69. The molecule has 0 spiro atoms. The largest absolute Gasteiger partial charge is 0.342 e. The molecule has 3 rings (SSSR count). The maximum Gasteiger partial charge on any atom is 0.317 e. The second kappa shape index (κ2) is 6.90. The Balaban J connectivity index is 1.55. The number of carbonyl (C=O) groups excluding carboxylic acids is 3. The molecule has 0 saturated carbocycles. The SMILES string of the molecule is Cc1ccc(N2CC(NC(=O)N3CCN(C=O)CC3)CC2=O)cc1. The van der Waals surface area contributed by atoms with Crippen molar-refractivity contribution in [2.24, 2.45) is 0 Å². The van der Waals surface area contributed by atoms with E-state index >= 15 is 0 Å². The van der Waals surface area contributed by atoms with E-state index in [1.54, 1.807) is 14.7 Å². The molecule has 1 unspecified atom stereocenters. The number of benzene rings is 1. The first-order valence-corrected chi connectivity index (χ1v) is 8.18. The molecule has 7 nitrogen and oxygen atoms in total. The minimum absolute atomic E-state index is 0.0231. The molecule has 2 aliphatic rings. The summed E-state index contributed by atoms with van der Waals surface area (Å²) >= 11 is 0. The van der Waals surface area contributed by atoms with Crippen LogP contribution in [0.5, 0.6) is 0 Å². The van der Waals surface area contributed by atoms with Crippen molar-refractivity contribution in [3.63, 3.8) is 0 Å². The number of urea groups is 1. The van der Waals surface area contributed by atoms with Crippen LogP contribution in [0, 0.1) is 6.92 Å². The normalized spacial score (nSPS) is 21.1. The number of nitrogens with zero attached hydrogens (tertiary/aromatic N) is 3. The third-order valence-corrected chi connectivity index (χ3v) is 4.55. The highest BCUT2D eigenvalue weighted by Gasteiger charge is 2.32. The molecule has 0 bridgehead atoms. The highest BCUT2D eigenvalue weighted by atomic mass is 16.2. The number of nitrogens with one attached hydrogen (secondary N) is 1. The number of hydrogen-bond acceptors (Lipinski definition) is 3. The molecule has 0 radical (unpaired) electrons. The molecule has 7 heteroatoms. The summed E-state index contributed by atoms with van der Waals surface area (Å²) < 4.78 is 0. The van der Waals surface area contributed by atoms with Crippen molar-refractivity contribution in [1.29, 1.82) is 0 Å². The Hall–Kier alpha value is -2.57. The lowest BCUT2D eigenvalue weighted by Crippen LogP contribution is -2.53. The minimum atomic E-state index is -0.185. The maximum atomic E-state index is 12.3. The Bertz CT molecular complexity index is 623. The lowest BCUT2D eigenvalue weighted by atomic mass is 10.2. The predicted octanol–water partition coefficient (Wildman–Crippen LogP) is 0.584. The fourth-order valence-corrected chi connectivity index (χ4v) is 3.07. The number of aryl methyl sites for hydroxylation is 1. The van der Waals surface area contributed by atoms with Gasteiger partial charge in [-0.2, -0.15) is 0 Å². The van der Waals surface area contributed by atoms with Gasteiger partial charge in [-0.25, -0.2) is 4.79 Å². The van der Waals surface area contributed by atoms with Crippen molar-refractivity contribution in [3.8, 4) is 0 Å². The van der Waals surface area contributed by atoms with E-state index in [1.807, 2.05) is 31.2 Å². The minimum Gasteiger partial charge on any atom is -0.342 e. The summed E-state index contributed by atoms with van der Waals surface area (Å²) in [6.45, 7) is 4.64. The van der Waals surface area contributed by atoms with Crippen molar-refractivity contribution in [2.75, 3.05) is 37.6 Å². The molecule has 2 heterocycles. The molecule has 2 saturated heterocycles. The van der Waals surface area contributed by atoms with Gasteiger partial charge in [-0.1, -0.05) is 17.7 Å². The van der Waals surface area contributed by atoms with E-state index in [0.717, 1.165) is 17.7 Å². The van der Waals surface area contributed by atoms with Gasteiger partial charge >= 0.3 is 6.03 Å². The van der Waals surface area contributed by atoms with Gasteiger partial charge in [-0.3, -0.25) is 9.59 Å². The summed E-state index contributed by atoms with van der Waals surface area (Å²) in [4.78, 5) is 40.3. The van der Waals surface area contributed by atoms with E-state index in [-0.39, 0.29) is 18.0 Å². The standard InChI is InChI=1S/C17H22N4O3/c1-13-2-4-15(5-3-13)21-11-14(10-16(21)23)18-17(24)20-8-6-19(12-22)7-9-20/h2-5,12,14H,6-11H2,1H3,(H,18,24). The van der Waals surface area contributed by atoms with Crippen LogP contribution in [-0.4, -0.2) is 66.9 Å². The van der Waals surface area contributed by atoms with Gasteiger partial charge in [0.1, 0.15) is 0 Å². The summed E-state index contributed by atoms with van der Waals surface area (Å²) in [5.74, 6) is 0.0231. The van der Waals surface area contributed by atoms with E-state index in [2.05, 4.69) is 5.32 Å². The van der Waals surface area contributed by atoms with Gasteiger partial charge in [0.25, 0.3) is 0 Å². The van der Waals surface area contributed by atoms with Gasteiger partial charge in [0.2, 0.25) is 12.3 Å². The van der Waals surface area contributed by atoms with Crippen LogP contribution in [-0.2, 0) is 9.59 Å². The van der Waals surface area contributed by atoms with E-state index in [1.165, 1.54) is 0 Å². The van der Waals surface area contributed by atoms with Gasteiger partial charge in [0.15, 0.2) is 0 Å². The summed E-state index contributed by atoms with van der Waals surface area (Å²) in [6, 6.07) is 7.45. The third kappa shape index (κ3) is 3.50. The maximum absolute atomic E-state index is 12.3. The van der Waals surface area contributed by atoms with Gasteiger partial charge in [0.05, 0.1) is 6.04 Å². The van der Waals surface area contributed by atoms with Crippen LogP contribution in [0.3, 0.4) is 0 Å². The van der Waals surface area contributed by atoms with Crippen molar-refractivity contribution in [1.82, 2.24) is 15.1 Å². The molecule has 2 fully saturated rings. The summed E-state index contributed by atoms with van der Waals surface area (Å²) in [5.41, 5.74) is 2.01. The zero-order valence-corrected chi connectivity index (χ0v) is 13.8. The molecule has 1 aromatic rings. The van der Waals surface area contributed by atoms with Crippen LogP contribution in [0.15, 0.2) is 24.3 Å². The Morgan fingerprint density at radius 1 is 1.17 bits per heavy atom. The fraction of sp³-hybridized carbons (Fsp3) is 0.471. The molecule has 4 amide bonds. The Morgan fingerprint density at radius 3 is 2.46 bits per heavy atom. The second-order valence-electron chi connectivity index (χ2n) is 6.32. The number of piperazine rings is 1. The summed E-state index contributed by atoms with van der Waals surface area (Å²) in [6.07, 6.45) is 1.12. The lowest BCUT2D eigenvalue weighted by molar-refractivity contribution is -0.119. The molecule has 1 atom stereocenters. The molecule has 24 heavy (non-hydrogen) atoms. The Labute approximate surface area is 141 Å². The average Bonchev–Trinajstić information content (AvgIpc) is 2.96. The van der Waals surface area contributed by atoms with Crippen molar-refractivity contribution in [3.05, 3.63) is 29.8 Å². The van der Waals surface area contributed by atoms with Crippen LogP contribution in [0.25, 0.3) is 0 Å². The average molecular weight is 330 g/mol. The van der Waals surface area contributed by atoms with Crippen LogP contribution < -0.4 is 10.2 Å². The number of anilines is 1. The number of carbonyl (C=O) groups is 3. The molecule has 0 aliphatic carbocycles. The topological polar surface area (TPSA) is 73.0 Å². The molecule has 1 N–H and O–H groups in total. The first-order valence-electron chi connectivity index (χ1n) is 8.18. The zero-order chi connectivity index (χ0) is 17.1. The van der Waals surface area contributed by atoms with E-state index in [0.29, 0.717) is 39.1 Å². The second-order valence-corrected chi connectivity index (χ2v) is 6.32. The first kappa shape index (κ1) is 16.3. The van der Waals surface area contributed by atoms with Gasteiger partial charge in [-0.15, -0.1) is 0 Å². The Morgan fingerprint density at radius 2 is 1.83 bits per heavy atom.